The maximum absolute atomic E-state index is 13.1. The van der Waals surface area contributed by atoms with Crippen LogP contribution in [0.2, 0.25) is 0 Å². The van der Waals surface area contributed by atoms with Crippen LogP contribution in [0.15, 0.2) is 85.1 Å². The standard InChI is InChI=1S/C63H104O12/c1-4-7-10-13-16-19-22-24-26-27-28-29-31-32-35-37-40-43-46-49-55(64)71-52-54(73-56(65)50-47-44-41-39-36-33-30-25-23-20-17-14-11-8-5-2)53-72-63-61(59(68)58(67)60(75-63)62(69)70)74-57(66)51-48-45-42-38-34-21-18-15-12-9-6-3/h7,10,15-16,18-19,24-26,28-30,32,35,54,58-61,63,67-68H,4-6,8-9,11-14,17,20-23,27,31,33-34,36-53H2,1-3H3,(H,69,70)/b10-7-,18-15-,19-16-,26-24-,29-28-,30-25-,35-32-. The van der Waals surface area contributed by atoms with Crippen molar-refractivity contribution in [2.24, 2.45) is 0 Å². The number of carbonyl (C=O) groups is 4. The Morgan fingerprint density at radius 1 is 0.453 bits per heavy atom. The number of hydrogen-bond acceptors (Lipinski definition) is 11. The fraction of sp³-hybridized carbons (Fsp3) is 0.714. The summed E-state index contributed by atoms with van der Waals surface area (Å²) in [5.74, 6) is -3.19. The summed E-state index contributed by atoms with van der Waals surface area (Å²) in [7, 11) is 0. The number of ether oxygens (including phenoxy) is 5. The summed E-state index contributed by atoms with van der Waals surface area (Å²) in [5.41, 5.74) is 0. The number of carboxylic acids is 1. The average molecular weight is 1050 g/mol. The highest BCUT2D eigenvalue weighted by Gasteiger charge is 2.50. The molecule has 1 heterocycles. The van der Waals surface area contributed by atoms with Crippen molar-refractivity contribution >= 4 is 23.9 Å². The lowest BCUT2D eigenvalue weighted by Gasteiger charge is -2.40. The molecule has 12 heteroatoms. The van der Waals surface area contributed by atoms with Crippen LogP contribution in [0.1, 0.15) is 239 Å². The van der Waals surface area contributed by atoms with Gasteiger partial charge in [-0.3, -0.25) is 14.4 Å². The summed E-state index contributed by atoms with van der Waals surface area (Å²) in [6.07, 6.45) is 52.7. The van der Waals surface area contributed by atoms with Crippen molar-refractivity contribution in [3.05, 3.63) is 85.1 Å². The molecular formula is C63H104O12. The Balaban J connectivity index is 2.72. The summed E-state index contributed by atoms with van der Waals surface area (Å²) in [5, 5.41) is 31.4. The van der Waals surface area contributed by atoms with Crippen molar-refractivity contribution in [3.8, 4) is 0 Å². The summed E-state index contributed by atoms with van der Waals surface area (Å²) >= 11 is 0. The van der Waals surface area contributed by atoms with E-state index in [9.17, 15) is 34.5 Å². The van der Waals surface area contributed by atoms with Gasteiger partial charge in [-0.25, -0.2) is 4.79 Å². The van der Waals surface area contributed by atoms with E-state index < -0.39 is 67.3 Å². The zero-order valence-electron chi connectivity index (χ0n) is 47.0. The quantitative estimate of drug-likeness (QED) is 0.0228. The van der Waals surface area contributed by atoms with Gasteiger partial charge in [-0.1, -0.05) is 196 Å². The van der Waals surface area contributed by atoms with Crippen LogP contribution in [0.25, 0.3) is 0 Å². The molecule has 1 rings (SSSR count). The lowest BCUT2D eigenvalue weighted by Crippen LogP contribution is -2.61. The van der Waals surface area contributed by atoms with Gasteiger partial charge in [0.2, 0.25) is 0 Å². The van der Waals surface area contributed by atoms with Gasteiger partial charge in [0.1, 0.15) is 18.8 Å². The number of carbonyl (C=O) groups excluding carboxylic acids is 3. The highest BCUT2D eigenvalue weighted by Crippen LogP contribution is 2.26. The Hall–Kier alpha value is -4.10. The predicted molar refractivity (Wildman–Crippen MR) is 303 cm³/mol. The molecule has 6 unspecified atom stereocenters. The Morgan fingerprint density at radius 2 is 0.853 bits per heavy atom. The van der Waals surface area contributed by atoms with Gasteiger partial charge in [-0.05, 0) is 109 Å². The van der Waals surface area contributed by atoms with Gasteiger partial charge in [-0.2, -0.15) is 0 Å². The van der Waals surface area contributed by atoms with E-state index in [1.54, 1.807) is 0 Å². The summed E-state index contributed by atoms with van der Waals surface area (Å²) < 4.78 is 28.4. The van der Waals surface area contributed by atoms with Gasteiger partial charge >= 0.3 is 23.9 Å². The highest BCUT2D eigenvalue weighted by molar-refractivity contribution is 5.74. The Kier molecular flexibility index (Phi) is 46.6. The Morgan fingerprint density at radius 3 is 1.35 bits per heavy atom. The van der Waals surface area contributed by atoms with Crippen molar-refractivity contribution in [2.45, 2.75) is 276 Å². The zero-order chi connectivity index (χ0) is 54.7. The fourth-order valence-electron chi connectivity index (χ4n) is 8.37. The smallest absolute Gasteiger partial charge is 0.335 e. The van der Waals surface area contributed by atoms with Crippen molar-refractivity contribution in [3.63, 3.8) is 0 Å². The number of aliphatic hydroxyl groups excluding tert-OH is 2. The zero-order valence-corrected chi connectivity index (χ0v) is 47.0. The van der Waals surface area contributed by atoms with Gasteiger partial charge < -0.3 is 39.0 Å². The molecular weight excluding hydrogens is 949 g/mol. The molecule has 1 saturated heterocycles. The molecule has 6 atom stereocenters. The van der Waals surface area contributed by atoms with Gasteiger partial charge in [0.05, 0.1) is 6.61 Å². The van der Waals surface area contributed by atoms with Gasteiger partial charge in [-0.15, -0.1) is 0 Å². The van der Waals surface area contributed by atoms with E-state index in [1.807, 2.05) is 0 Å². The SMILES string of the molecule is CC/C=C\C/C=C\C/C=C\C/C=C\C/C=C\CCCCCC(=O)OCC(COC1OC(C(=O)O)C(O)C(O)C1OC(=O)CCCCCCC/C=C\CCCC)OC(=O)CCCCCCC/C=C\CCCCCCCC. The molecule has 0 amide bonds. The summed E-state index contributed by atoms with van der Waals surface area (Å²) in [6.45, 7) is 5.78. The molecule has 12 nitrogen and oxygen atoms in total. The van der Waals surface area contributed by atoms with Crippen LogP contribution >= 0.6 is 0 Å². The maximum Gasteiger partial charge on any atom is 0.335 e. The molecule has 0 aromatic heterocycles. The van der Waals surface area contributed by atoms with Crippen LogP contribution in [-0.4, -0.2) is 89.2 Å². The molecule has 0 radical (unpaired) electrons. The van der Waals surface area contributed by atoms with Crippen LogP contribution in [0, 0.1) is 0 Å². The second kappa shape index (κ2) is 50.7. The van der Waals surface area contributed by atoms with E-state index >= 15 is 0 Å². The molecule has 1 aliphatic heterocycles. The molecule has 0 aliphatic carbocycles. The minimum absolute atomic E-state index is 0.0429. The lowest BCUT2D eigenvalue weighted by atomic mass is 9.98. The van der Waals surface area contributed by atoms with Crippen molar-refractivity contribution in [1.82, 2.24) is 0 Å². The van der Waals surface area contributed by atoms with E-state index in [2.05, 4.69) is 106 Å². The largest absolute Gasteiger partial charge is 0.479 e. The fourth-order valence-corrected chi connectivity index (χ4v) is 8.37. The third-order valence-electron chi connectivity index (χ3n) is 12.9. The molecule has 428 valence electrons. The van der Waals surface area contributed by atoms with E-state index in [0.29, 0.717) is 19.3 Å². The Bertz CT molecular complexity index is 1630. The van der Waals surface area contributed by atoms with Crippen LogP contribution < -0.4 is 0 Å². The molecule has 1 aliphatic rings. The number of aliphatic carboxylic acids is 1. The summed E-state index contributed by atoms with van der Waals surface area (Å²) in [4.78, 5) is 51.1. The third kappa shape index (κ3) is 40.8. The second-order valence-corrected chi connectivity index (χ2v) is 19.9. The van der Waals surface area contributed by atoms with E-state index in [-0.39, 0.29) is 25.9 Å². The van der Waals surface area contributed by atoms with E-state index in [1.165, 1.54) is 51.4 Å². The molecule has 0 bridgehead atoms. The first-order valence-electron chi connectivity index (χ1n) is 29.6. The van der Waals surface area contributed by atoms with Gasteiger partial charge in [0.25, 0.3) is 0 Å². The van der Waals surface area contributed by atoms with Crippen LogP contribution in [0.4, 0.5) is 0 Å². The first kappa shape index (κ1) is 68.9. The number of hydrogen-bond donors (Lipinski definition) is 3. The monoisotopic (exact) mass is 1050 g/mol. The number of carboxylic acid groups (broad SMARTS) is 1. The molecule has 0 saturated carbocycles. The van der Waals surface area contributed by atoms with Crippen LogP contribution in [-0.2, 0) is 42.9 Å². The molecule has 0 aromatic rings. The lowest BCUT2D eigenvalue weighted by molar-refractivity contribution is -0.301. The first-order valence-corrected chi connectivity index (χ1v) is 29.6. The predicted octanol–water partition coefficient (Wildman–Crippen LogP) is 15.1. The number of allylic oxidation sites excluding steroid dienone is 14. The average Bonchev–Trinajstić information content (AvgIpc) is 3.39. The van der Waals surface area contributed by atoms with Crippen LogP contribution in [0.3, 0.4) is 0 Å². The normalized spacial score (nSPS) is 18.8. The van der Waals surface area contributed by atoms with Crippen LogP contribution in [0.5, 0.6) is 0 Å². The molecule has 75 heavy (non-hydrogen) atoms. The number of unbranched alkanes of at least 4 members (excludes halogenated alkanes) is 21. The second-order valence-electron chi connectivity index (χ2n) is 19.9. The number of aliphatic hydroxyl groups is 2. The topological polar surface area (TPSA) is 175 Å². The first-order chi connectivity index (χ1) is 36.6. The minimum Gasteiger partial charge on any atom is -0.479 e. The summed E-state index contributed by atoms with van der Waals surface area (Å²) in [6, 6.07) is 0. The maximum atomic E-state index is 13.1. The molecule has 0 aromatic carbocycles. The van der Waals surface area contributed by atoms with E-state index in [0.717, 1.165) is 128 Å². The molecule has 1 fully saturated rings. The third-order valence-corrected chi connectivity index (χ3v) is 12.9. The van der Waals surface area contributed by atoms with Gasteiger partial charge in [0.15, 0.2) is 24.6 Å². The van der Waals surface area contributed by atoms with Gasteiger partial charge in [0, 0.05) is 19.3 Å². The molecule has 3 N–H and O–H groups in total. The van der Waals surface area contributed by atoms with Crippen molar-refractivity contribution in [2.75, 3.05) is 13.2 Å². The number of rotatable bonds is 49. The van der Waals surface area contributed by atoms with E-state index in [4.69, 9.17) is 23.7 Å². The minimum atomic E-state index is -1.91. The van der Waals surface area contributed by atoms with Crippen molar-refractivity contribution in [1.29, 1.82) is 0 Å². The number of esters is 3. The molecule has 0 spiro atoms. The van der Waals surface area contributed by atoms with Crippen molar-refractivity contribution < 1.29 is 58.2 Å². The Labute approximate surface area is 454 Å². The highest BCUT2D eigenvalue weighted by atomic mass is 16.7.